The van der Waals surface area contributed by atoms with E-state index in [2.05, 4.69) is 0 Å². The minimum atomic E-state index is -3.96. The Morgan fingerprint density at radius 3 is 2.10 bits per heavy atom. The molecule has 0 saturated carbocycles. The van der Waals surface area contributed by atoms with Gasteiger partial charge in [-0.2, -0.15) is 0 Å². The molecular weight excluding hydrogens is 308 g/mol. The van der Waals surface area contributed by atoms with Crippen LogP contribution in [0, 0.1) is 5.92 Å². The molecule has 2 nitrogen and oxygen atoms in total. The van der Waals surface area contributed by atoms with Crippen molar-refractivity contribution in [1.82, 2.24) is 0 Å². The Hall–Kier alpha value is -0.460. The first-order valence-corrected chi connectivity index (χ1v) is 7.92. The van der Waals surface area contributed by atoms with Crippen LogP contribution in [0.15, 0.2) is 0 Å². The van der Waals surface area contributed by atoms with E-state index >= 15 is 0 Å². The summed E-state index contributed by atoms with van der Waals surface area (Å²) in [6.07, 6.45) is -4.60. The van der Waals surface area contributed by atoms with Crippen molar-refractivity contribution < 1.29 is 27.1 Å². The van der Waals surface area contributed by atoms with Gasteiger partial charge < -0.3 is 4.74 Å². The average molecular weight is 332 g/mol. The summed E-state index contributed by atoms with van der Waals surface area (Å²) in [5, 5.41) is -0.482. The molecule has 0 amide bonds. The number of carbonyl (C=O) groups excluding carboxylic acids is 1. The molecule has 0 aromatic heterocycles. The smallest absolute Gasteiger partial charge is 0.319 e. The second-order valence-electron chi connectivity index (χ2n) is 6.23. The summed E-state index contributed by atoms with van der Waals surface area (Å²) in [6.45, 7) is 8.90. The van der Waals surface area contributed by atoms with Crippen LogP contribution in [-0.2, 0) is 9.53 Å². The number of carbonyl (C=O) groups is 1. The fraction of sp³-hybridized carbons (Fsp3) is 0.929. The first-order chi connectivity index (χ1) is 9.37. The van der Waals surface area contributed by atoms with Gasteiger partial charge in [-0.15, -0.1) is 11.8 Å². The number of rotatable bonds is 8. The van der Waals surface area contributed by atoms with Crippen molar-refractivity contribution in [3.8, 4) is 0 Å². The van der Waals surface area contributed by atoms with E-state index in [1.807, 2.05) is 13.8 Å². The molecule has 0 bridgehead atoms. The van der Waals surface area contributed by atoms with E-state index in [1.165, 1.54) is 11.8 Å². The molecule has 7 heteroatoms. The molecule has 0 aliphatic carbocycles. The Labute approximate surface area is 128 Å². The molecule has 0 aromatic carbocycles. The zero-order valence-corrected chi connectivity index (χ0v) is 13.9. The van der Waals surface area contributed by atoms with Crippen molar-refractivity contribution in [3.05, 3.63) is 0 Å². The number of hydrogen-bond acceptors (Lipinski definition) is 3. The second-order valence-corrected chi connectivity index (χ2v) is 7.48. The van der Waals surface area contributed by atoms with Gasteiger partial charge in [0.1, 0.15) is 10.9 Å². The topological polar surface area (TPSA) is 26.3 Å². The lowest BCUT2D eigenvalue weighted by Crippen LogP contribution is -2.33. The molecule has 0 heterocycles. The Morgan fingerprint density at radius 1 is 1.19 bits per heavy atom. The summed E-state index contributed by atoms with van der Waals surface area (Å²) >= 11 is 1.18. The number of esters is 1. The van der Waals surface area contributed by atoms with Crippen molar-refractivity contribution in [2.75, 3.05) is 5.75 Å². The summed E-state index contributed by atoms with van der Waals surface area (Å²) in [5.74, 6) is -4.17. The predicted molar refractivity (Wildman–Crippen MR) is 77.1 cm³/mol. The van der Waals surface area contributed by atoms with Crippen molar-refractivity contribution in [2.24, 2.45) is 5.92 Å². The van der Waals surface area contributed by atoms with Gasteiger partial charge >= 0.3 is 18.3 Å². The molecule has 126 valence electrons. The summed E-state index contributed by atoms with van der Waals surface area (Å²) in [7, 11) is 0. The Morgan fingerprint density at radius 2 is 1.71 bits per heavy atom. The van der Waals surface area contributed by atoms with E-state index in [0.29, 0.717) is 0 Å². The number of thioether (sulfide) groups is 1. The molecular formula is C14H24F4O2S. The third-order valence-electron chi connectivity index (χ3n) is 2.52. The highest BCUT2D eigenvalue weighted by Gasteiger charge is 2.39. The molecule has 21 heavy (non-hydrogen) atoms. The van der Waals surface area contributed by atoms with E-state index in [4.69, 9.17) is 4.74 Å². The number of alkyl halides is 4. The number of ether oxygens (including phenoxy) is 1. The maximum absolute atomic E-state index is 12.8. The van der Waals surface area contributed by atoms with Gasteiger partial charge in [0.05, 0.1) is 0 Å². The second kappa shape index (κ2) is 8.25. The molecule has 0 aromatic rings. The van der Waals surface area contributed by atoms with Crippen LogP contribution in [0.1, 0.15) is 47.5 Å². The fourth-order valence-corrected chi connectivity index (χ4v) is 2.65. The van der Waals surface area contributed by atoms with Gasteiger partial charge in [0, 0.05) is 6.42 Å². The van der Waals surface area contributed by atoms with Crippen molar-refractivity contribution >= 4 is 17.7 Å². The first-order valence-electron chi connectivity index (χ1n) is 6.87. The van der Waals surface area contributed by atoms with Crippen LogP contribution >= 0.6 is 11.8 Å². The Bertz CT molecular complexity index is 327. The Kier molecular flexibility index (Phi) is 8.07. The standard InChI is InChI=1S/C14H24F4O2S/c1-9(2)10(11(19)20-13(3,4)5)21-8-6-7-14(17,18)12(15)16/h9-10,12H,6-8H2,1-5H3. The Balaban J connectivity index is 4.33. The lowest BCUT2D eigenvalue weighted by molar-refractivity contribution is -0.154. The largest absolute Gasteiger partial charge is 0.459 e. The van der Waals surface area contributed by atoms with Crippen LogP contribution in [-0.4, -0.2) is 34.9 Å². The summed E-state index contributed by atoms with van der Waals surface area (Å²) < 4.78 is 54.8. The highest BCUT2D eigenvalue weighted by atomic mass is 32.2. The molecule has 0 aliphatic rings. The summed E-state index contributed by atoms with van der Waals surface area (Å²) in [5.41, 5.74) is -0.618. The van der Waals surface area contributed by atoms with Crippen molar-refractivity contribution in [3.63, 3.8) is 0 Å². The summed E-state index contributed by atoms with van der Waals surface area (Å²) in [6, 6.07) is 0. The fourth-order valence-electron chi connectivity index (χ4n) is 1.52. The minimum Gasteiger partial charge on any atom is -0.459 e. The van der Waals surface area contributed by atoms with Gasteiger partial charge in [0.15, 0.2) is 0 Å². The van der Waals surface area contributed by atoms with Crippen LogP contribution in [0.3, 0.4) is 0 Å². The number of halogens is 4. The van der Waals surface area contributed by atoms with E-state index in [-0.39, 0.29) is 18.1 Å². The molecule has 1 unspecified atom stereocenters. The molecule has 0 spiro atoms. The van der Waals surface area contributed by atoms with Gasteiger partial charge in [-0.05, 0) is 38.9 Å². The lowest BCUT2D eigenvalue weighted by Gasteiger charge is -2.25. The predicted octanol–water partition coefficient (Wildman–Crippen LogP) is 4.77. The van der Waals surface area contributed by atoms with Crippen molar-refractivity contribution in [1.29, 1.82) is 0 Å². The van der Waals surface area contributed by atoms with Gasteiger partial charge in [-0.3, -0.25) is 4.79 Å². The molecule has 0 fully saturated rings. The molecule has 0 N–H and O–H groups in total. The van der Waals surface area contributed by atoms with Crippen LogP contribution in [0.4, 0.5) is 17.6 Å². The maximum Gasteiger partial charge on any atom is 0.319 e. The van der Waals surface area contributed by atoms with Crippen molar-refractivity contribution in [2.45, 2.75) is 70.7 Å². The van der Waals surface area contributed by atoms with Crippen LogP contribution in [0.25, 0.3) is 0 Å². The van der Waals surface area contributed by atoms with E-state index < -0.39 is 35.6 Å². The SMILES string of the molecule is CC(C)C(SCCCC(F)(F)C(F)F)C(=O)OC(C)(C)C. The van der Waals surface area contributed by atoms with E-state index in [0.717, 1.165) is 0 Å². The molecule has 0 rings (SSSR count). The summed E-state index contributed by atoms with van der Waals surface area (Å²) in [4.78, 5) is 12.0. The van der Waals surface area contributed by atoms with Crippen LogP contribution < -0.4 is 0 Å². The van der Waals surface area contributed by atoms with Gasteiger partial charge in [0.25, 0.3) is 0 Å². The van der Waals surface area contributed by atoms with E-state index in [9.17, 15) is 22.4 Å². The molecule has 0 saturated heterocycles. The lowest BCUT2D eigenvalue weighted by atomic mass is 10.1. The minimum absolute atomic E-state index is 0.0274. The van der Waals surface area contributed by atoms with Gasteiger partial charge in [-0.25, -0.2) is 17.6 Å². The third-order valence-corrected chi connectivity index (χ3v) is 4.14. The molecule has 1 atom stereocenters. The van der Waals surface area contributed by atoms with Gasteiger partial charge in [-0.1, -0.05) is 13.8 Å². The number of hydrogen-bond donors (Lipinski definition) is 0. The van der Waals surface area contributed by atoms with Crippen LogP contribution in [0.5, 0.6) is 0 Å². The highest BCUT2D eigenvalue weighted by molar-refractivity contribution is 8.00. The maximum atomic E-state index is 12.8. The quantitative estimate of drug-likeness (QED) is 0.364. The van der Waals surface area contributed by atoms with E-state index in [1.54, 1.807) is 20.8 Å². The van der Waals surface area contributed by atoms with Gasteiger partial charge in [0.2, 0.25) is 0 Å². The van der Waals surface area contributed by atoms with Crippen LogP contribution in [0.2, 0.25) is 0 Å². The zero-order chi connectivity index (χ0) is 16.8. The average Bonchev–Trinajstić information content (AvgIpc) is 2.25. The molecule has 0 aliphatic heterocycles. The third kappa shape index (κ3) is 8.53. The first kappa shape index (κ1) is 20.5. The highest BCUT2D eigenvalue weighted by Crippen LogP contribution is 2.30. The normalized spacial score (nSPS) is 14.6. The zero-order valence-electron chi connectivity index (χ0n) is 13.1. The molecule has 0 radical (unpaired) electrons. The monoisotopic (exact) mass is 332 g/mol.